The number of esters is 1. The first-order valence-electron chi connectivity index (χ1n) is 10.3. The summed E-state index contributed by atoms with van der Waals surface area (Å²) in [6, 6.07) is -0.951. The van der Waals surface area contributed by atoms with Crippen LogP contribution in [0.5, 0.6) is 0 Å². The SMILES string of the molecule is CCC(=O)[C@@H]1CC(C(=O)OC(C)(C)C)N[C@H]1[C@H](CC(CC)CC)NC(C)=O. The molecule has 1 aliphatic rings. The summed E-state index contributed by atoms with van der Waals surface area (Å²) in [7, 11) is 0. The van der Waals surface area contributed by atoms with Gasteiger partial charge in [-0.25, -0.2) is 0 Å². The van der Waals surface area contributed by atoms with Crippen molar-refractivity contribution < 1.29 is 19.1 Å². The highest BCUT2D eigenvalue weighted by molar-refractivity contribution is 5.85. The van der Waals surface area contributed by atoms with E-state index in [2.05, 4.69) is 24.5 Å². The van der Waals surface area contributed by atoms with Gasteiger partial charge in [-0.15, -0.1) is 0 Å². The van der Waals surface area contributed by atoms with Gasteiger partial charge in [0.05, 0.1) is 0 Å². The van der Waals surface area contributed by atoms with E-state index in [0.29, 0.717) is 18.8 Å². The van der Waals surface area contributed by atoms with Crippen LogP contribution in [0.25, 0.3) is 0 Å². The summed E-state index contributed by atoms with van der Waals surface area (Å²) < 4.78 is 5.52. The fourth-order valence-corrected chi connectivity index (χ4v) is 3.88. The summed E-state index contributed by atoms with van der Waals surface area (Å²) in [6.07, 6.45) is 3.66. The normalized spacial score (nSPS) is 23.9. The number of ketones is 1. The summed E-state index contributed by atoms with van der Waals surface area (Å²) in [5.74, 6) is -0.155. The molecule has 1 saturated heterocycles. The number of hydrogen-bond donors (Lipinski definition) is 2. The Morgan fingerprint density at radius 2 is 1.74 bits per heavy atom. The highest BCUT2D eigenvalue weighted by Crippen LogP contribution is 2.30. The maximum absolute atomic E-state index is 12.6. The molecule has 6 nitrogen and oxygen atoms in total. The van der Waals surface area contributed by atoms with Crippen molar-refractivity contribution in [3.63, 3.8) is 0 Å². The van der Waals surface area contributed by atoms with Gasteiger partial charge in [0.25, 0.3) is 0 Å². The van der Waals surface area contributed by atoms with Crippen molar-refractivity contribution in [3.8, 4) is 0 Å². The third kappa shape index (κ3) is 7.24. The molecule has 6 heteroatoms. The van der Waals surface area contributed by atoms with Crippen LogP contribution in [0.2, 0.25) is 0 Å². The minimum Gasteiger partial charge on any atom is -0.459 e. The molecule has 0 spiro atoms. The van der Waals surface area contributed by atoms with E-state index in [1.165, 1.54) is 6.92 Å². The van der Waals surface area contributed by atoms with Gasteiger partial charge in [0.15, 0.2) is 0 Å². The lowest BCUT2D eigenvalue weighted by molar-refractivity contribution is -0.157. The van der Waals surface area contributed by atoms with Crippen LogP contribution in [0, 0.1) is 11.8 Å². The van der Waals surface area contributed by atoms with Gasteiger partial charge >= 0.3 is 5.97 Å². The van der Waals surface area contributed by atoms with E-state index in [-0.39, 0.29) is 35.7 Å². The molecule has 0 bridgehead atoms. The van der Waals surface area contributed by atoms with E-state index in [0.717, 1.165) is 19.3 Å². The molecule has 4 atom stereocenters. The Bertz CT molecular complexity index is 523. The summed E-state index contributed by atoms with van der Waals surface area (Å²) in [5, 5.41) is 6.36. The molecule has 0 aliphatic carbocycles. The standard InChI is InChI=1S/C21H38N2O4/c1-8-14(9-2)11-16(22-13(4)24)19-15(18(25)10-3)12-17(23-19)20(26)27-21(5,6)7/h14-17,19,23H,8-12H2,1-7H3,(H,22,24)/t15-,16-,17?,19+/m0/s1. The quantitative estimate of drug-likeness (QED) is 0.599. The highest BCUT2D eigenvalue weighted by Gasteiger charge is 2.45. The fraction of sp³-hybridized carbons (Fsp3) is 0.857. The number of carbonyl (C=O) groups excluding carboxylic acids is 3. The predicted octanol–water partition coefficient (Wildman–Crippen LogP) is 2.98. The number of hydrogen-bond acceptors (Lipinski definition) is 5. The van der Waals surface area contributed by atoms with Crippen molar-refractivity contribution in [2.45, 2.75) is 104 Å². The molecule has 1 fully saturated rings. The Hall–Kier alpha value is -1.43. The van der Waals surface area contributed by atoms with Gasteiger partial charge in [0.2, 0.25) is 5.91 Å². The highest BCUT2D eigenvalue weighted by atomic mass is 16.6. The summed E-state index contributed by atoms with van der Waals surface area (Å²) >= 11 is 0. The summed E-state index contributed by atoms with van der Waals surface area (Å²) in [4.78, 5) is 36.9. The fourth-order valence-electron chi connectivity index (χ4n) is 3.88. The van der Waals surface area contributed by atoms with Gasteiger partial charge in [0, 0.05) is 31.3 Å². The lowest BCUT2D eigenvalue weighted by Gasteiger charge is -2.31. The molecule has 1 unspecified atom stereocenters. The van der Waals surface area contributed by atoms with Crippen LogP contribution in [0.1, 0.15) is 80.6 Å². The monoisotopic (exact) mass is 382 g/mol. The van der Waals surface area contributed by atoms with Gasteiger partial charge in [-0.1, -0.05) is 33.6 Å². The van der Waals surface area contributed by atoms with Gasteiger partial charge in [-0.2, -0.15) is 0 Å². The topological polar surface area (TPSA) is 84.5 Å². The Morgan fingerprint density at radius 1 is 1.15 bits per heavy atom. The van der Waals surface area contributed by atoms with E-state index < -0.39 is 11.6 Å². The summed E-state index contributed by atoms with van der Waals surface area (Å²) in [5.41, 5.74) is -0.576. The molecular formula is C21H38N2O4. The van der Waals surface area contributed by atoms with Crippen LogP contribution in [0.3, 0.4) is 0 Å². The van der Waals surface area contributed by atoms with E-state index in [9.17, 15) is 14.4 Å². The molecule has 0 radical (unpaired) electrons. The third-order valence-electron chi connectivity index (χ3n) is 5.33. The summed E-state index contributed by atoms with van der Waals surface area (Å²) in [6.45, 7) is 13.1. The van der Waals surface area contributed by atoms with Gasteiger partial charge in [0.1, 0.15) is 17.4 Å². The van der Waals surface area contributed by atoms with Crippen LogP contribution in [-0.4, -0.2) is 41.4 Å². The number of Topliss-reactive ketones (excluding diaryl/α,β-unsaturated/α-hetero) is 1. The average molecular weight is 383 g/mol. The molecular weight excluding hydrogens is 344 g/mol. The van der Waals surface area contributed by atoms with Crippen LogP contribution in [-0.2, 0) is 19.1 Å². The number of nitrogens with one attached hydrogen (secondary N) is 2. The average Bonchev–Trinajstić information content (AvgIpc) is 3.01. The molecule has 0 aromatic heterocycles. The van der Waals surface area contributed by atoms with E-state index in [1.54, 1.807) is 0 Å². The maximum Gasteiger partial charge on any atom is 0.323 e. The molecule has 1 aliphatic heterocycles. The van der Waals surface area contributed by atoms with Crippen molar-refractivity contribution in [2.75, 3.05) is 0 Å². The van der Waals surface area contributed by atoms with Crippen molar-refractivity contribution in [2.24, 2.45) is 11.8 Å². The Balaban J connectivity index is 3.06. The van der Waals surface area contributed by atoms with Crippen LogP contribution >= 0.6 is 0 Å². The number of amides is 1. The lowest BCUT2D eigenvalue weighted by Crippen LogP contribution is -2.53. The van der Waals surface area contributed by atoms with E-state index in [1.807, 2.05) is 27.7 Å². The van der Waals surface area contributed by atoms with Gasteiger partial charge < -0.3 is 10.1 Å². The van der Waals surface area contributed by atoms with Crippen LogP contribution < -0.4 is 10.6 Å². The zero-order chi connectivity index (χ0) is 20.8. The van der Waals surface area contributed by atoms with Crippen molar-refractivity contribution in [3.05, 3.63) is 0 Å². The minimum absolute atomic E-state index is 0.115. The molecule has 156 valence electrons. The lowest BCUT2D eigenvalue weighted by atomic mass is 9.83. The van der Waals surface area contributed by atoms with Gasteiger partial charge in [-0.3, -0.25) is 19.7 Å². The Kier molecular flexibility index (Phi) is 8.92. The molecule has 0 saturated carbocycles. The molecule has 0 aromatic rings. The van der Waals surface area contributed by atoms with Crippen LogP contribution in [0.15, 0.2) is 0 Å². The first-order chi connectivity index (χ1) is 12.5. The third-order valence-corrected chi connectivity index (χ3v) is 5.33. The van der Waals surface area contributed by atoms with Crippen molar-refractivity contribution in [1.82, 2.24) is 10.6 Å². The molecule has 1 rings (SSSR count). The Morgan fingerprint density at radius 3 is 2.19 bits per heavy atom. The van der Waals surface area contributed by atoms with E-state index >= 15 is 0 Å². The molecule has 0 aromatic carbocycles. The predicted molar refractivity (Wildman–Crippen MR) is 106 cm³/mol. The number of rotatable bonds is 9. The zero-order valence-electron chi connectivity index (χ0n) is 18.1. The smallest absolute Gasteiger partial charge is 0.323 e. The maximum atomic E-state index is 12.6. The minimum atomic E-state index is -0.576. The zero-order valence-corrected chi connectivity index (χ0v) is 18.1. The van der Waals surface area contributed by atoms with Crippen molar-refractivity contribution in [1.29, 1.82) is 0 Å². The second-order valence-electron chi connectivity index (χ2n) is 8.67. The first-order valence-corrected chi connectivity index (χ1v) is 10.3. The number of carbonyl (C=O) groups is 3. The molecule has 27 heavy (non-hydrogen) atoms. The number of ether oxygens (including phenoxy) is 1. The van der Waals surface area contributed by atoms with Crippen molar-refractivity contribution >= 4 is 17.7 Å². The van der Waals surface area contributed by atoms with E-state index in [4.69, 9.17) is 4.74 Å². The molecule has 1 amide bonds. The molecule has 1 heterocycles. The molecule has 2 N–H and O–H groups in total. The Labute approximate surface area is 164 Å². The second-order valence-corrected chi connectivity index (χ2v) is 8.67. The largest absolute Gasteiger partial charge is 0.459 e. The first kappa shape index (κ1) is 23.6. The second kappa shape index (κ2) is 10.2. The van der Waals surface area contributed by atoms with Crippen LogP contribution in [0.4, 0.5) is 0 Å². The van der Waals surface area contributed by atoms with Gasteiger partial charge in [-0.05, 0) is 39.5 Å².